The minimum atomic E-state index is -0.440. The molecule has 0 unspecified atom stereocenters. The first kappa shape index (κ1) is 15.8. The molecule has 0 aromatic carbocycles. The van der Waals surface area contributed by atoms with Crippen molar-refractivity contribution in [1.82, 2.24) is 14.7 Å². The van der Waals surface area contributed by atoms with Gasteiger partial charge in [-0.2, -0.15) is 5.10 Å². The van der Waals surface area contributed by atoms with Crippen LogP contribution in [0.1, 0.15) is 59.4 Å². The second kappa shape index (κ2) is 6.20. The zero-order chi connectivity index (χ0) is 16.6. The number of aryl methyl sites for hydroxylation is 1. The Labute approximate surface area is 136 Å². The van der Waals surface area contributed by atoms with Gasteiger partial charge in [0.2, 0.25) is 5.76 Å². The standard InChI is InChI=1S/C17H23N3O3/c1-11-13(10-18-19(11)3)14-6-5-9-20(14)12(2)15-7-8-16(23-15)17(21)22-4/h7-8,10,12,14H,5-6,9H2,1-4H3/t12-,14-/m1/s1. The maximum atomic E-state index is 11.6. The quantitative estimate of drug-likeness (QED) is 0.811. The molecule has 0 spiro atoms. The summed E-state index contributed by atoms with van der Waals surface area (Å²) in [5.41, 5.74) is 2.47. The van der Waals surface area contributed by atoms with Crippen LogP contribution in [0.3, 0.4) is 0 Å². The summed E-state index contributed by atoms with van der Waals surface area (Å²) in [6, 6.07) is 3.98. The van der Waals surface area contributed by atoms with Gasteiger partial charge in [-0.25, -0.2) is 4.79 Å². The van der Waals surface area contributed by atoms with Gasteiger partial charge in [-0.05, 0) is 45.4 Å². The molecule has 0 N–H and O–H groups in total. The normalized spacial score (nSPS) is 19.9. The Kier molecular flexibility index (Phi) is 4.26. The van der Waals surface area contributed by atoms with Gasteiger partial charge >= 0.3 is 5.97 Å². The van der Waals surface area contributed by atoms with Gasteiger partial charge in [0.15, 0.2) is 0 Å². The molecule has 0 saturated carbocycles. The summed E-state index contributed by atoms with van der Waals surface area (Å²) in [7, 11) is 3.33. The van der Waals surface area contributed by atoms with E-state index in [4.69, 9.17) is 9.15 Å². The monoisotopic (exact) mass is 317 g/mol. The number of esters is 1. The van der Waals surface area contributed by atoms with E-state index in [0.717, 1.165) is 25.1 Å². The molecular weight excluding hydrogens is 294 g/mol. The summed E-state index contributed by atoms with van der Waals surface area (Å²) in [5.74, 6) is 0.603. The van der Waals surface area contributed by atoms with E-state index in [-0.39, 0.29) is 11.8 Å². The molecule has 2 aromatic rings. The van der Waals surface area contributed by atoms with Crippen LogP contribution in [0.5, 0.6) is 0 Å². The Balaban J connectivity index is 1.83. The first-order chi connectivity index (χ1) is 11.0. The number of carbonyl (C=O) groups excluding carboxylic acids is 1. The fraction of sp³-hybridized carbons (Fsp3) is 0.529. The van der Waals surface area contributed by atoms with Crippen LogP contribution in [-0.2, 0) is 11.8 Å². The van der Waals surface area contributed by atoms with Crippen molar-refractivity contribution >= 4 is 5.97 Å². The molecule has 23 heavy (non-hydrogen) atoms. The molecule has 1 aliphatic heterocycles. The summed E-state index contributed by atoms with van der Waals surface area (Å²) >= 11 is 0. The Morgan fingerprint density at radius 1 is 1.48 bits per heavy atom. The number of rotatable bonds is 4. The van der Waals surface area contributed by atoms with Gasteiger partial charge in [0.05, 0.1) is 19.3 Å². The number of hydrogen-bond donors (Lipinski definition) is 0. The van der Waals surface area contributed by atoms with Crippen LogP contribution in [0.25, 0.3) is 0 Å². The largest absolute Gasteiger partial charge is 0.463 e. The summed E-state index contributed by atoms with van der Waals surface area (Å²) < 4.78 is 12.3. The predicted octanol–water partition coefficient (Wildman–Crippen LogP) is 3.01. The minimum Gasteiger partial charge on any atom is -0.463 e. The van der Waals surface area contributed by atoms with Gasteiger partial charge in [-0.1, -0.05) is 0 Å². The average molecular weight is 317 g/mol. The maximum absolute atomic E-state index is 11.6. The van der Waals surface area contributed by atoms with Crippen molar-refractivity contribution in [2.45, 2.75) is 38.8 Å². The number of methoxy groups -OCH3 is 1. The lowest BCUT2D eigenvalue weighted by atomic mass is 10.0. The molecule has 2 aromatic heterocycles. The van der Waals surface area contributed by atoms with Crippen molar-refractivity contribution in [3.8, 4) is 0 Å². The topological polar surface area (TPSA) is 60.5 Å². The van der Waals surface area contributed by atoms with Gasteiger partial charge in [0, 0.05) is 24.3 Å². The molecule has 2 atom stereocenters. The van der Waals surface area contributed by atoms with Crippen LogP contribution >= 0.6 is 0 Å². The molecule has 124 valence electrons. The van der Waals surface area contributed by atoms with E-state index >= 15 is 0 Å². The SMILES string of the molecule is COC(=O)c1ccc([C@@H](C)N2CCC[C@@H]2c2cnn(C)c2C)o1. The lowest BCUT2D eigenvalue weighted by molar-refractivity contribution is 0.0558. The van der Waals surface area contributed by atoms with E-state index in [1.54, 1.807) is 6.07 Å². The molecule has 0 radical (unpaired) electrons. The second-order valence-corrected chi connectivity index (χ2v) is 6.07. The van der Waals surface area contributed by atoms with Gasteiger partial charge in [-0.15, -0.1) is 0 Å². The number of likely N-dealkylation sites (tertiary alicyclic amines) is 1. The fourth-order valence-corrected chi connectivity index (χ4v) is 3.38. The third-order valence-electron chi connectivity index (χ3n) is 4.85. The van der Waals surface area contributed by atoms with Crippen LogP contribution in [0.2, 0.25) is 0 Å². The van der Waals surface area contributed by atoms with Crippen molar-refractivity contribution in [1.29, 1.82) is 0 Å². The number of carbonyl (C=O) groups is 1. The van der Waals surface area contributed by atoms with Crippen molar-refractivity contribution < 1.29 is 13.9 Å². The van der Waals surface area contributed by atoms with E-state index in [0.29, 0.717) is 6.04 Å². The highest BCUT2D eigenvalue weighted by atomic mass is 16.5. The van der Waals surface area contributed by atoms with Gasteiger partial charge < -0.3 is 9.15 Å². The van der Waals surface area contributed by atoms with Crippen molar-refractivity contribution in [2.24, 2.45) is 7.05 Å². The minimum absolute atomic E-state index is 0.0977. The molecule has 6 nitrogen and oxygen atoms in total. The molecule has 1 fully saturated rings. The fourth-order valence-electron chi connectivity index (χ4n) is 3.38. The molecule has 6 heteroatoms. The number of hydrogen-bond acceptors (Lipinski definition) is 5. The molecule has 3 heterocycles. The summed E-state index contributed by atoms with van der Waals surface area (Å²) in [6.07, 6.45) is 4.22. The van der Waals surface area contributed by atoms with Crippen LogP contribution in [-0.4, -0.2) is 34.3 Å². The summed E-state index contributed by atoms with van der Waals surface area (Å²) in [6.45, 7) is 5.23. The lowest BCUT2D eigenvalue weighted by Crippen LogP contribution is -2.26. The third-order valence-corrected chi connectivity index (χ3v) is 4.85. The molecule has 1 saturated heterocycles. The number of nitrogens with zero attached hydrogens (tertiary/aromatic N) is 3. The van der Waals surface area contributed by atoms with Crippen molar-refractivity contribution in [3.63, 3.8) is 0 Å². The first-order valence-corrected chi connectivity index (χ1v) is 7.95. The van der Waals surface area contributed by atoms with Crippen LogP contribution in [0, 0.1) is 6.92 Å². The van der Waals surface area contributed by atoms with E-state index in [9.17, 15) is 4.79 Å². The van der Waals surface area contributed by atoms with Gasteiger partial charge in [0.25, 0.3) is 0 Å². The Morgan fingerprint density at radius 2 is 2.26 bits per heavy atom. The Morgan fingerprint density at radius 3 is 2.91 bits per heavy atom. The third kappa shape index (κ3) is 2.79. The highest BCUT2D eigenvalue weighted by Crippen LogP contribution is 2.39. The number of furan rings is 1. The Bertz CT molecular complexity index is 704. The zero-order valence-corrected chi connectivity index (χ0v) is 14.1. The Hall–Kier alpha value is -2.08. The molecule has 0 amide bonds. The van der Waals surface area contributed by atoms with Crippen molar-refractivity contribution in [2.75, 3.05) is 13.7 Å². The second-order valence-electron chi connectivity index (χ2n) is 6.07. The summed E-state index contributed by atoms with van der Waals surface area (Å²) in [5, 5.41) is 4.37. The maximum Gasteiger partial charge on any atom is 0.373 e. The average Bonchev–Trinajstić information content (AvgIpc) is 3.27. The highest BCUT2D eigenvalue weighted by Gasteiger charge is 2.33. The van der Waals surface area contributed by atoms with E-state index in [1.165, 1.54) is 18.4 Å². The molecule has 1 aliphatic rings. The number of aromatic nitrogens is 2. The smallest absolute Gasteiger partial charge is 0.373 e. The molecule has 3 rings (SSSR count). The van der Waals surface area contributed by atoms with Crippen LogP contribution in [0.15, 0.2) is 22.7 Å². The molecule has 0 bridgehead atoms. The molecule has 0 aliphatic carbocycles. The number of ether oxygens (including phenoxy) is 1. The predicted molar refractivity (Wildman–Crippen MR) is 85.1 cm³/mol. The van der Waals surface area contributed by atoms with E-state index in [1.807, 2.05) is 24.0 Å². The van der Waals surface area contributed by atoms with Crippen LogP contribution in [0.4, 0.5) is 0 Å². The van der Waals surface area contributed by atoms with Gasteiger partial charge in [-0.3, -0.25) is 9.58 Å². The van der Waals surface area contributed by atoms with E-state index in [2.05, 4.69) is 23.8 Å². The zero-order valence-electron chi connectivity index (χ0n) is 14.1. The van der Waals surface area contributed by atoms with Crippen molar-refractivity contribution in [3.05, 3.63) is 41.1 Å². The van der Waals surface area contributed by atoms with E-state index < -0.39 is 5.97 Å². The van der Waals surface area contributed by atoms with Crippen LogP contribution < -0.4 is 0 Å². The summed E-state index contributed by atoms with van der Waals surface area (Å²) in [4.78, 5) is 14.0. The first-order valence-electron chi connectivity index (χ1n) is 7.95. The highest BCUT2D eigenvalue weighted by molar-refractivity contribution is 5.86. The lowest BCUT2D eigenvalue weighted by Gasteiger charge is -2.29. The van der Waals surface area contributed by atoms with Gasteiger partial charge in [0.1, 0.15) is 5.76 Å². The molecular formula is C17H23N3O3.